The van der Waals surface area contributed by atoms with Gasteiger partial charge >= 0.3 is 0 Å². The van der Waals surface area contributed by atoms with Crippen LogP contribution in [-0.4, -0.2) is 15.5 Å². The molecule has 0 aliphatic heterocycles. The first-order chi connectivity index (χ1) is 10.7. The third kappa shape index (κ3) is 3.15. The predicted molar refractivity (Wildman–Crippen MR) is 88.6 cm³/mol. The zero-order valence-corrected chi connectivity index (χ0v) is 12.6. The van der Waals surface area contributed by atoms with Crippen molar-refractivity contribution in [2.75, 3.05) is 0 Å². The fraction of sp³-hybridized carbons (Fsp3) is 0.0588. The van der Waals surface area contributed by atoms with Gasteiger partial charge in [-0.25, -0.2) is 0 Å². The molecule has 0 bridgehead atoms. The normalized spacial score (nSPS) is 10.4. The number of carbonyl (C=O) groups is 1. The average Bonchev–Trinajstić information content (AvgIpc) is 3.00. The first-order valence-electron chi connectivity index (χ1n) is 6.92. The molecule has 2 aromatic carbocycles. The summed E-state index contributed by atoms with van der Waals surface area (Å²) in [6.45, 7) is 0.518. The van der Waals surface area contributed by atoms with Gasteiger partial charge in [-0.2, -0.15) is 0 Å². The number of hydrogen-bond donors (Lipinski definition) is 2. The van der Waals surface area contributed by atoms with Crippen LogP contribution in [0.3, 0.4) is 0 Å². The molecule has 3 aromatic rings. The fourth-order valence-corrected chi connectivity index (χ4v) is 2.41. The Labute approximate surface area is 133 Å². The van der Waals surface area contributed by atoms with Crippen LogP contribution in [0.25, 0.3) is 5.69 Å². The molecule has 0 spiro atoms. The SMILES string of the molecule is O=C(NCc1ccccc1)c1ccc(-n2cc[nH]c2=S)cc1. The molecule has 4 nitrogen and oxygen atoms in total. The molecule has 1 aromatic heterocycles. The lowest BCUT2D eigenvalue weighted by atomic mass is 10.1. The highest BCUT2D eigenvalue weighted by molar-refractivity contribution is 7.71. The summed E-state index contributed by atoms with van der Waals surface area (Å²) in [5.74, 6) is -0.0898. The van der Waals surface area contributed by atoms with Crippen molar-refractivity contribution in [1.29, 1.82) is 0 Å². The molecule has 2 N–H and O–H groups in total. The van der Waals surface area contributed by atoms with E-state index in [0.717, 1.165) is 11.3 Å². The summed E-state index contributed by atoms with van der Waals surface area (Å²) >= 11 is 5.18. The van der Waals surface area contributed by atoms with Crippen molar-refractivity contribution in [3.8, 4) is 5.69 Å². The van der Waals surface area contributed by atoms with Crippen LogP contribution < -0.4 is 5.32 Å². The van der Waals surface area contributed by atoms with Gasteiger partial charge in [-0.05, 0) is 42.0 Å². The number of imidazole rings is 1. The molecule has 0 unspecified atom stereocenters. The minimum absolute atomic E-state index is 0.0898. The zero-order valence-electron chi connectivity index (χ0n) is 11.8. The summed E-state index contributed by atoms with van der Waals surface area (Å²) in [7, 11) is 0. The Morgan fingerprint density at radius 3 is 2.45 bits per heavy atom. The molecule has 0 atom stereocenters. The first-order valence-corrected chi connectivity index (χ1v) is 7.33. The largest absolute Gasteiger partial charge is 0.348 e. The fourth-order valence-electron chi connectivity index (χ4n) is 2.18. The van der Waals surface area contributed by atoms with Gasteiger partial charge in [-0.3, -0.25) is 9.36 Å². The molecule has 0 radical (unpaired) electrons. The summed E-state index contributed by atoms with van der Waals surface area (Å²) in [6.07, 6.45) is 3.63. The van der Waals surface area contributed by atoms with Crippen LogP contribution in [-0.2, 0) is 6.54 Å². The van der Waals surface area contributed by atoms with Gasteiger partial charge < -0.3 is 10.3 Å². The van der Waals surface area contributed by atoms with E-state index in [1.807, 2.05) is 53.2 Å². The summed E-state index contributed by atoms with van der Waals surface area (Å²) < 4.78 is 2.47. The maximum Gasteiger partial charge on any atom is 0.251 e. The molecule has 0 aliphatic rings. The predicted octanol–water partition coefficient (Wildman–Crippen LogP) is 3.46. The lowest BCUT2D eigenvalue weighted by molar-refractivity contribution is 0.0951. The molecule has 1 amide bonds. The second kappa shape index (κ2) is 6.41. The molecular weight excluding hydrogens is 294 g/mol. The van der Waals surface area contributed by atoms with E-state index >= 15 is 0 Å². The molecule has 5 heteroatoms. The van der Waals surface area contributed by atoms with E-state index in [4.69, 9.17) is 12.2 Å². The van der Waals surface area contributed by atoms with Gasteiger partial charge in [0.2, 0.25) is 0 Å². The number of benzene rings is 2. The minimum Gasteiger partial charge on any atom is -0.348 e. The van der Waals surface area contributed by atoms with Gasteiger partial charge in [-0.15, -0.1) is 0 Å². The lowest BCUT2D eigenvalue weighted by Gasteiger charge is -2.07. The van der Waals surface area contributed by atoms with E-state index in [1.165, 1.54) is 0 Å². The molecule has 3 rings (SSSR count). The average molecular weight is 309 g/mol. The number of nitrogens with one attached hydrogen (secondary N) is 2. The summed E-state index contributed by atoms with van der Waals surface area (Å²) in [5.41, 5.74) is 2.62. The van der Waals surface area contributed by atoms with Gasteiger partial charge in [0.15, 0.2) is 4.77 Å². The van der Waals surface area contributed by atoms with E-state index in [1.54, 1.807) is 18.3 Å². The Morgan fingerprint density at radius 1 is 1.09 bits per heavy atom. The molecule has 1 heterocycles. The van der Waals surface area contributed by atoms with E-state index in [0.29, 0.717) is 16.9 Å². The smallest absolute Gasteiger partial charge is 0.251 e. The number of hydrogen-bond acceptors (Lipinski definition) is 2. The van der Waals surface area contributed by atoms with E-state index in [2.05, 4.69) is 10.3 Å². The van der Waals surface area contributed by atoms with Crippen molar-refractivity contribution in [2.45, 2.75) is 6.54 Å². The summed E-state index contributed by atoms with van der Waals surface area (Å²) in [4.78, 5) is 15.1. The Morgan fingerprint density at radius 2 is 1.82 bits per heavy atom. The molecule has 22 heavy (non-hydrogen) atoms. The van der Waals surface area contributed by atoms with E-state index < -0.39 is 0 Å². The molecule has 110 valence electrons. The highest BCUT2D eigenvalue weighted by Gasteiger charge is 2.06. The number of aromatic nitrogens is 2. The second-order valence-corrected chi connectivity index (χ2v) is 5.24. The quantitative estimate of drug-likeness (QED) is 0.725. The zero-order chi connectivity index (χ0) is 15.4. The van der Waals surface area contributed by atoms with E-state index in [9.17, 15) is 4.79 Å². The van der Waals surface area contributed by atoms with Crippen LogP contribution in [0.1, 0.15) is 15.9 Å². The van der Waals surface area contributed by atoms with Crippen molar-refractivity contribution in [1.82, 2.24) is 14.9 Å². The van der Waals surface area contributed by atoms with Crippen LogP contribution in [0.5, 0.6) is 0 Å². The number of rotatable bonds is 4. The van der Waals surface area contributed by atoms with Gasteiger partial charge in [0.1, 0.15) is 0 Å². The van der Waals surface area contributed by atoms with Crippen LogP contribution >= 0.6 is 12.2 Å². The number of carbonyl (C=O) groups excluding carboxylic acids is 1. The first kappa shape index (κ1) is 14.3. The second-order valence-electron chi connectivity index (χ2n) is 4.85. The summed E-state index contributed by atoms with van der Waals surface area (Å²) in [6, 6.07) is 17.2. The van der Waals surface area contributed by atoms with Crippen molar-refractivity contribution in [3.05, 3.63) is 82.9 Å². The Kier molecular flexibility index (Phi) is 4.16. The van der Waals surface area contributed by atoms with Crippen molar-refractivity contribution >= 4 is 18.1 Å². The molecular formula is C17H15N3OS. The monoisotopic (exact) mass is 309 g/mol. The topological polar surface area (TPSA) is 49.8 Å². The lowest BCUT2D eigenvalue weighted by Crippen LogP contribution is -2.22. The van der Waals surface area contributed by atoms with Crippen LogP contribution in [0.15, 0.2) is 67.0 Å². The number of aromatic amines is 1. The number of H-pyrrole nitrogens is 1. The van der Waals surface area contributed by atoms with Gasteiger partial charge in [-0.1, -0.05) is 30.3 Å². The van der Waals surface area contributed by atoms with Crippen molar-refractivity contribution < 1.29 is 4.79 Å². The van der Waals surface area contributed by atoms with Gasteiger partial charge in [0, 0.05) is 30.2 Å². The van der Waals surface area contributed by atoms with Crippen LogP contribution in [0, 0.1) is 4.77 Å². The molecule has 0 saturated heterocycles. The summed E-state index contributed by atoms with van der Waals surface area (Å²) in [5, 5.41) is 2.91. The Bertz CT molecular complexity index is 819. The Hall–Kier alpha value is -2.66. The van der Waals surface area contributed by atoms with Crippen molar-refractivity contribution in [3.63, 3.8) is 0 Å². The minimum atomic E-state index is -0.0898. The van der Waals surface area contributed by atoms with Gasteiger partial charge in [0.05, 0.1) is 0 Å². The maximum absolute atomic E-state index is 12.1. The van der Waals surface area contributed by atoms with Crippen LogP contribution in [0.4, 0.5) is 0 Å². The maximum atomic E-state index is 12.1. The standard InChI is InChI=1S/C17H15N3OS/c21-16(19-12-13-4-2-1-3-5-13)14-6-8-15(9-7-14)20-11-10-18-17(20)22/h1-11H,12H2,(H,18,22)(H,19,21). The highest BCUT2D eigenvalue weighted by Crippen LogP contribution is 2.10. The molecule has 0 saturated carbocycles. The highest BCUT2D eigenvalue weighted by atomic mass is 32.1. The van der Waals surface area contributed by atoms with E-state index in [-0.39, 0.29) is 5.91 Å². The van der Waals surface area contributed by atoms with Crippen molar-refractivity contribution in [2.24, 2.45) is 0 Å². The van der Waals surface area contributed by atoms with Crippen LogP contribution in [0.2, 0.25) is 0 Å². The molecule has 0 aliphatic carbocycles. The third-order valence-electron chi connectivity index (χ3n) is 3.35. The Balaban J connectivity index is 1.69. The number of nitrogens with zero attached hydrogens (tertiary/aromatic N) is 1. The number of amides is 1. The third-order valence-corrected chi connectivity index (χ3v) is 3.67. The molecule has 0 fully saturated rings. The van der Waals surface area contributed by atoms with Gasteiger partial charge in [0.25, 0.3) is 5.91 Å².